The molecule has 1 aromatic heterocycles. The summed E-state index contributed by atoms with van der Waals surface area (Å²) in [6.07, 6.45) is 0. The SMILES string of the molecule is COc1cccc2nc(COC(C)=O)c(C)nc12. The molecule has 1 aromatic carbocycles. The first-order chi connectivity index (χ1) is 8.61. The van der Waals surface area contributed by atoms with Crippen molar-refractivity contribution in [1.29, 1.82) is 0 Å². The third kappa shape index (κ3) is 2.40. The van der Waals surface area contributed by atoms with E-state index in [1.807, 2.05) is 25.1 Å². The summed E-state index contributed by atoms with van der Waals surface area (Å²) < 4.78 is 10.2. The lowest BCUT2D eigenvalue weighted by Gasteiger charge is -2.08. The molecule has 0 aliphatic rings. The van der Waals surface area contributed by atoms with Crippen molar-refractivity contribution in [2.24, 2.45) is 0 Å². The molecule has 94 valence electrons. The van der Waals surface area contributed by atoms with Gasteiger partial charge < -0.3 is 9.47 Å². The highest BCUT2D eigenvalue weighted by atomic mass is 16.5. The number of benzene rings is 1. The Hall–Kier alpha value is -2.17. The van der Waals surface area contributed by atoms with Crippen molar-refractivity contribution >= 4 is 17.0 Å². The predicted molar refractivity (Wildman–Crippen MR) is 66.3 cm³/mol. The zero-order valence-electron chi connectivity index (χ0n) is 10.6. The van der Waals surface area contributed by atoms with Crippen molar-refractivity contribution in [2.45, 2.75) is 20.5 Å². The maximum absolute atomic E-state index is 10.8. The molecule has 2 rings (SSSR count). The molecule has 0 aliphatic heterocycles. The van der Waals surface area contributed by atoms with E-state index in [4.69, 9.17) is 9.47 Å². The summed E-state index contributed by atoms with van der Waals surface area (Å²) in [5.41, 5.74) is 2.82. The summed E-state index contributed by atoms with van der Waals surface area (Å²) in [6.45, 7) is 3.34. The lowest BCUT2D eigenvalue weighted by molar-refractivity contribution is -0.142. The smallest absolute Gasteiger partial charge is 0.303 e. The average molecular weight is 246 g/mol. The van der Waals surface area contributed by atoms with E-state index in [0.717, 1.165) is 11.2 Å². The molecule has 18 heavy (non-hydrogen) atoms. The van der Waals surface area contributed by atoms with E-state index in [1.54, 1.807) is 7.11 Å². The third-order valence-electron chi connectivity index (χ3n) is 2.56. The largest absolute Gasteiger partial charge is 0.494 e. The lowest BCUT2D eigenvalue weighted by Crippen LogP contribution is -2.05. The number of para-hydroxylation sites is 1. The summed E-state index contributed by atoms with van der Waals surface area (Å²) in [5, 5.41) is 0. The van der Waals surface area contributed by atoms with E-state index in [-0.39, 0.29) is 12.6 Å². The van der Waals surface area contributed by atoms with Gasteiger partial charge in [0.2, 0.25) is 0 Å². The van der Waals surface area contributed by atoms with Gasteiger partial charge in [0.1, 0.15) is 17.9 Å². The van der Waals surface area contributed by atoms with E-state index in [9.17, 15) is 4.79 Å². The van der Waals surface area contributed by atoms with Gasteiger partial charge in [-0.25, -0.2) is 9.97 Å². The molecule has 5 nitrogen and oxygen atoms in total. The highest BCUT2D eigenvalue weighted by Crippen LogP contribution is 2.23. The van der Waals surface area contributed by atoms with Crippen LogP contribution in [0.4, 0.5) is 0 Å². The number of aromatic nitrogens is 2. The Labute approximate surface area is 105 Å². The van der Waals surface area contributed by atoms with Crippen molar-refractivity contribution in [3.63, 3.8) is 0 Å². The number of methoxy groups -OCH3 is 1. The normalized spacial score (nSPS) is 10.4. The fourth-order valence-corrected chi connectivity index (χ4v) is 1.64. The molecule has 2 aromatic rings. The van der Waals surface area contributed by atoms with E-state index in [0.29, 0.717) is 17.0 Å². The van der Waals surface area contributed by atoms with Gasteiger partial charge in [0.25, 0.3) is 0 Å². The highest BCUT2D eigenvalue weighted by molar-refractivity contribution is 5.81. The van der Waals surface area contributed by atoms with Crippen LogP contribution in [0.25, 0.3) is 11.0 Å². The van der Waals surface area contributed by atoms with Crippen LogP contribution in [-0.4, -0.2) is 23.0 Å². The fourth-order valence-electron chi connectivity index (χ4n) is 1.64. The van der Waals surface area contributed by atoms with Gasteiger partial charge in [-0.2, -0.15) is 0 Å². The Morgan fingerprint density at radius 3 is 2.78 bits per heavy atom. The van der Waals surface area contributed by atoms with E-state index in [1.165, 1.54) is 6.92 Å². The summed E-state index contributed by atoms with van der Waals surface area (Å²) >= 11 is 0. The molecular weight excluding hydrogens is 232 g/mol. The number of hydrogen-bond acceptors (Lipinski definition) is 5. The fraction of sp³-hybridized carbons (Fsp3) is 0.308. The second-order valence-corrected chi connectivity index (χ2v) is 3.86. The van der Waals surface area contributed by atoms with Crippen molar-refractivity contribution in [3.05, 3.63) is 29.6 Å². The zero-order valence-corrected chi connectivity index (χ0v) is 10.6. The van der Waals surface area contributed by atoms with Crippen LogP contribution >= 0.6 is 0 Å². The van der Waals surface area contributed by atoms with E-state index < -0.39 is 0 Å². The minimum Gasteiger partial charge on any atom is -0.494 e. The minimum atomic E-state index is -0.332. The molecular formula is C13H14N2O3. The first kappa shape index (κ1) is 12.3. The van der Waals surface area contributed by atoms with Gasteiger partial charge in [-0.05, 0) is 19.1 Å². The molecule has 0 radical (unpaired) electrons. The number of hydrogen-bond donors (Lipinski definition) is 0. The Bertz CT molecular complexity index is 596. The summed E-state index contributed by atoms with van der Waals surface area (Å²) in [5.74, 6) is 0.351. The number of carbonyl (C=O) groups excluding carboxylic acids is 1. The molecule has 0 fully saturated rings. The second kappa shape index (κ2) is 5.00. The van der Waals surface area contributed by atoms with Gasteiger partial charge in [0.15, 0.2) is 0 Å². The minimum absolute atomic E-state index is 0.140. The number of rotatable bonds is 3. The predicted octanol–water partition coefficient (Wildman–Crippen LogP) is 2.01. The summed E-state index contributed by atoms with van der Waals surface area (Å²) in [7, 11) is 1.60. The second-order valence-electron chi connectivity index (χ2n) is 3.86. The first-order valence-electron chi connectivity index (χ1n) is 5.55. The molecule has 5 heteroatoms. The average Bonchev–Trinajstić information content (AvgIpc) is 2.35. The molecule has 0 unspecified atom stereocenters. The van der Waals surface area contributed by atoms with Crippen LogP contribution < -0.4 is 4.74 Å². The van der Waals surface area contributed by atoms with Crippen LogP contribution in [-0.2, 0) is 16.1 Å². The van der Waals surface area contributed by atoms with E-state index in [2.05, 4.69) is 9.97 Å². The topological polar surface area (TPSA) is 61.3 Å². The molecule has 0 aliphatic carbocycles. The van der Waals surface area contributed by atoms with Crippen LogP contribution in [0.3, 0.4) is 0 Å². The van der Waals surface area contributed by atoms with Crippen molar-refractivity contribution < 1.29 is 14.3 Å². The number of fused-ring (bicyclic) bond motifs is 1. The van der Waals surface area contributed by atoms with Crippen LogP contribution in [0.1, 0.15) is 18.3 Å². The van der Waals surface area contributed by atoms with Gasteiger partial charge in [0.05, 0.1) is 24.0 Å². The zero-order chi connectivity index (χ0) is 13.1. The van der Waals surface area contributed by atoms with Crippen molar-refractivity contribution in [2.75, 3.05) is 7.11 Å². The molecule has 0 atom stereocenters. The molecule has 0 saturated carbocycles. The lowest BCUT2D eigenvalue weighted by atomic mass is 10.2. The quantitative estimate of drug-likeness (QED) is 0.775. The van der Waals surface area contributed by atoms with E-state index >= 15 is 0 Å². The molecule has 0 amide bonds. The van der Waals surface area contributed by atoms with Gasteiger partial charge in [0, 0.05) is 6.92 Å². The Morgan fingerprint density at radius 1 is 1.33 bits per heavy atom. The van der Waals surface area contributed by atoms with Crippen molar-refractivity contribution in [1.82, 2.24) is 9.97 Å². The van der Waals surface area contributed by atoms with Gasteiger partial charge >= 0.3 is 5.97 Å². The van der Waals surface area contributed by atoms with Crippen LogP contribution in [0.2, 0.25) is 0 Å². The maximum atomic E-state index is 10.8. The molecule has 1 heterocycles. The van der Waals surface area contributed by atoms with Crippen molar-refractivity contribution in [3.8, 4) is 5.75 Å². The molecule has 0 spiro atoms. The van der Waals surface area contributed by atoms with Gasteiger partial charge in [-0.3, -0.25) is 4.79 Å². The summed E-state index contributed by atoms with van der Waals surface area (Å²) in [4.78, 5) is 19.7. The molecule has 0 saturated heterocycles. The number of esters is 1. The maximum Gasteiger partial charge on any atom is 0.303 e. The monoisotopic (exact) mass is 246 g/mol. The number of ether oxygens (including phenoxy) is 2. The standard InChI is InChI=1S/C13H14N2O3/c1-8-11(7-18-9(2)16)15-10-5-4-6-12(17-3)13(10)14-8/h4-6H,7H2,1-3H3. The molecule has 0 N–H and O–H groups in total. The number of aryl methyl sites for hydroxylation is 1. The molecule has 0 bridgehead atoms. The van der Waals surface area contributed by atoms with Crippen LogP contribution in [0.15, 0.2) is 18.2 Å². The summed E-state index contributed by atoms with van der Waals surface area (Å²) in [6, 6.07) is 5.53. The van der Waals surface area contributed by atoms with Crippen LogP contribution in [0, 0.1) is 6.92 Å². The number of carbonyl (C=O) groups is 1. The van der Waals surface area contributed by atoms with Crippen LogP contribution in [0.5, 0.6) is 5.75 Å². The first-order valence-corrected chi connectivity index (χ1v) is 5.55. The highest BCUT2D eigenvalue weighted by Gasteiger charge is 2.09. The van der Waals surface area contributed by atoms with Gasteiger partial charge in [-0.1, -0.05) is 6.07 Å². The Kier molecular flexibility index (Phi) is 3.41. The third-order valence-corrected chi connectivity index (χ3v) is 2.56. The number of nitrogens with zero attached hydrogens (tertiary/aromatic N) is 2. The van der Waals surface area contributed by atoms with Gasteiger partial charge in [-0.15, -0.1) is 0 Å². The Balaban J connectivity index is 2.46. The Morgan fingerprint density at radius 2 is 2.11 bits per heavy atom.